The smallest absolute Gasteiger partial charge is 0.315 e. The molecule has 0 bridgehead atoms. The van der Waals surface area contributed by atoms with Crippen LogP contribution < -0.4 is 10.6 Å². The number of hydrogen-bond donors (Lipinski definition) is 3. The van der Waals surface area contributed by atoms with E-state index in [0.717, 1.165) is 19.4 Å². The summed E-state index contributed by atoms with van der Waals surface area (Å²) in [6.07, 6.45) is 7.16. The highest BCUT2D eigenvalue weighted by Crippen LogP contribution is 2.13. The number of aliphatic carboxylic acids is 1. The molecule has 2 heterocycles. The Morgan fingerprint density at radius 3 is 2.95 bits per heavy atom. The lowest BCUT2D eigenvalue weighted by atomic mass is 10.0. The van der Waals surface area contributed by atoms with Crippen molar-refractivity contribution in [2.75, 3.05) is 19.8 Å². The first kappa shape index (κ1) is 15.3. The van der Waals surface area contributed by atoms with Crippen molar-refractivity contribution in [3.05, 3.63) is 18.7 Å². The van der Waals surface area contributed by atoms with Gasteiger partial charge in [0.15, 0.2) is 0 Å². The van der Waals surface area contributed by atoms with E-state index in [1.165, 1.54) is 0 Å². The highest BCUT2D eigenvalue weighted by Gasteiger charge is 2.34. The van der Waals surface area contributed by atoms with Gasteiger partial charge in [-0.1, -0.05) is 0 Å². The molecule has 0 spiro atoms. The number of hydrogen-bond acceptors (Lipinski definition) is 4. The second kappa shape index (κ2) is 7.63. The third kappa shape index (κ3) is 4.75. The van der Waals surface area contributed by atoms with Crippen molar-refractivity contribution in [3.63, 3.8) is 0 Å². The van der Waals surface area contributed by atoms with Gasteiger partial charge in [0.2, 0.25) is 0 Å². The summed E-state index contributed by atoms with van der Waals surface area (Å²) in [5.74, 6) is -1.62. The maximum absolute atomic E-state index is 11.7. The van der Waals surface area contributed by atoms with E-state index in [4.69, 9.17) is 9.84 Å². The lowest BCUT2D eigenvalue weighted by Crippen LogP contribution is -2.47. The third-order valence-electron chi connectivity index (χ3n) is 3.40. The highest BCUT2D eigenvalue weighted by molar-refractivity contribution is 5.77. The number of unbranched alkanes of at least 4 members (excludes halogenated alkanes) is 1. The summed E-state index contributed by atoms with van der Waals surface area (Å²) in [7, 11) is 0. The topological polar surface area (TPSA) is 105 Å². The van der Waals surface area contributed by atoms with Gasteiger partial charge in [-0.15, -0.1) is 0 Å². The fraction of sp³-hybridized carbons (Fsp3) is 0.615. The number of amides is 2. The molecule has 116 valence electrons. The van der Waals surface area contributed by atoms with Crippen molar-refractivity contribution in [2.24, 2.45) is 5.92 Å². The number of aryl methyl sites for hydroxylation is 1. The van der Waals surface area contributed by atoms with Crippen molar-refractivity contribution in [1.29, 1.82) is 0 Å². The predicted octanol–water partition coefficient (Wildman–Crippen LogP) is 0.0621. The Kier molecular flexibility index (Phi) is 5.56. The molecule has 2 atom stereocenters. The van der Waals surface area contributed by atoms with Gasteiger partial charge < -0.3 is 25.0 Å². The van der Waals surface area contributed by atoms with Gasteiger partial charge in [0.05, 0.1) is 25.6 Å². The van der Waals surface area contributed by atoms with E-state index in [9.17, 15) is 9.59 Å². The van der Waals surface area contributed by atoms with Gasteiger partial charge in [-0.3, -0.25) is 4.79 Å². The van der Waals surface area contributed by atoms with E-state index in [-0.39, 0.29) is 19.2 Å². The minimum absolute atomic E-state index is 0.144. The SMILES string of the molecule is O=C(NCCCCn1ccnc1)NC1COCC1C(=O)O. The summed E-state index contributed by atoms with van der Waals surface area (Å²) >= 11 is 0. The van der Waals surface area contributed by atoms with E-state index in [1.54, 1.807) is 12.5 Å². The van der Waals surface area contributed by atoms with Crippen LogP contribution in [0, 0.1) is 5.92 Å². The Balaban J connectivity index is 1.58. The van der Waals surface area contributed by atoms with E-state index < -0.39 is 17.9 Å². The summed E-state index contributed by atoms with van der Waals surface area (Å²) in [5, 5.41) is 14.3. The Bertz CT molecular complexity index is 463. The minimum atomic E-state index is -0.946. The Morgan fingerprint density at radius 1 is 1.38 bits per heavy atom. The molecule has 1 aromatic rings. The summed E-state index contributed by atoms with van der Waals surface area (Å²) in [6, 6.07) is -0.812. The van der Waals surface area contributed by atoms with Crippen LogP contribution >= 0.6 is 0 Å². The molecular weight excluding hydrogens is 276 g/mol. The number of nitrogens with one attached hydrogen (secondary N) is 2. The van der Waals surface area contributed by atoms with Gasteiger partial charge in [-0.25, -0.2) is 9.78 Å². The normalized spacial score (nSPS) is 21.1. The second-order valence-corrected chi connectivity index (χ2v) is 5.00. The van der Waals surface area contributed by atoms with Crippen LogP contribution in [0.2, 0.25) is 0 Å². The second-order valence-electron chi connectivity index (χ2n) is 5.00. The first-order valence-electron chi connectivity index (χ1n) is 6.97. The molecule has 0 radical (unpaired) electrons. The molecule has 1 saturated heterocycles. The van der Waals surface area contributed by atoms with Crippen LogP contribution in [-0.4, -0.2) is 52.5 Å². The van der Waals surface area contributed by atoms with E-state index in [2.05, 4.69) is 15.6 Å². The van der Waals surface area contributed by atoms with Crippen LogP contribution in [0.15, 0.2) is 18.7 Å². The van der Waals surface area contributed by atoms with E-state index in [0.29, 0.717) is 6.54 Å². The van der Waals surface area contributed by atoms with E-state index >= 15 is 0 Å². The van der Waals surface area contributed by atoms with Crippen LogP contribution in [0.4, 0.5) is 4.79 Å². The largest absolute Gasteiger partial charge is 0.481 e. The van der Waals surface area contributed by atoms with Gasteiger partial charge in [-0.2, -0.15) is 0 Å². The van der Waals surface area contributed by atoms with Crippen molar-refractivity contribution in [3.8, 4) is 0 Å². The van der Waals surface area contributed by atoms with Gasteiger partial charge in [0.25, 0.3) is 0 Å². The summed E-state index contributed by atoms with van der Waals surface area (Å²) in [4.78, 5) is 26.6. The van der Waals surface area contributed by atoms with Gasteiger partial charge in [0, 0.05) is 25.5 Å². The fourth-order valence-electron chi connectivity index (χ4n) is 2.20. The molecule has 0 saturated carbocycles. The first-order chi connectivity index (χ1) is 10.2. The van der Waals surface area contributed by atoms with Gasteiger partial charge >= 0.3 is 12.0 Å². The Morgan fingerprint density at radius 2 is 2.24 bits per heavy atom. The fourth-order valence-corrected chi connectivity index (χ4v) is 2.20. The van der Waals surface area contributed by atoms with Crippen LogP contribution in [0.5, 0.6) is 0 Å². The first-order valence-corrected chi connectivity index (χ1v) is 6.97. The summed E-state index contributed by atoms with van der Waals surface area (Å²) in [5.41, 5.74) is 0. The number of carbonyl (C=O) groups is 2. The molecule has 1 aliphatic rings. The standard InChI is InChI=1S/C13H20N4O4/c18-12(19)10-7-21-8-11(10)16-13(20)15-3-1-2-5-17-6-4-14-9-17/h4,6,9-11H,1-3,5,7-8H2,(H,18,19)(H2,15,16,20). The van der Waals surface area contributed by atoms with Crippen molar-refractivity contribution < 1.29 is 19.4 Å². The maximum Gasteiger partial charge on any atom is 0.315 e. The lowest BCUT2D eigenvalue weighted by molar-refractivity contribution is -0.142. The molecule has 1 aliphatic heterocycles. The number of carboxylic acid groups (broad SMARTS) is 1. The molecule has 2 unspecified atom stereocenters. The molecule has 1 aromatic heterocycles. The molecule has 1 fully saturated rings. The zero-order valence-corrected chi connectivity index (χ0v) is 11.7. The third-order valence-corrected chi connectivity index (χ3v) is 3.40. The monoisotopic (exact) mass is 296 g/mol. The highest BCUT2D eigenvalue weighted by atomic mass is 16.5. The van der Waals surface area contributed by atoms with Gasteiger partial charge in [-0.05, 0) is 12.8 Å². The Hall–Kier alpha value is -2.09. The number of nitrogens with zero attached hydrogens (tertiary/aromatic N) is 2. The molecule has 8 nitrogen and oxygen atoms in total. The molecule has 2 rings (SSSR count). The van der Waals surface area contributed by atoms with E-state index in [1.807, 2.05) is 10.8 Å². The minimum Gasteiger partial charge on any atom is -0.481 e. The molecular formula is C13H20N4O4. The van der Waals surface area contributed by atoms with Crippen LogP contribution in [0.25, 0.3) is 0 Å². The molecule has 0 aliphatic carbocycles. The van der Waals surface area contributed by atoms with Crippen molar-refractivity contribution >= 4 is 12.0 Å². The van der Waals surface area contributed by atoms with Crippen LogP contribution in [-0.2, 0) is 16.1 Å². The van der Waals surface area contributed by atoms with Crippen molar-refractivity contribution in [1.82, 2.24) is 20.2 Å². The number of carbonyl (C=O) groups excluding carboxylic acids is 1. The average Bonchev–Trinajstić information content (AvgIpc) is 3.09. The zero-order chi connectivity index (χ0) is 15.1. The number of ether oxygens (including phenoxy) is 1. The number of imidazole rings is 1. The summed E-state index contributed by atoms with van der Waals surface area (Å²) < 4.78 is 7.06. The lowest BCUT2D eigenvalue weighted by Gasteiger charge is -2.16. The number of carboxylic acids is 1. The van der Waals surface area contributed by atoms with Gasteiger partial charge in [0.1, 0.15) is 5.92 Å². The summed E-state index contributed by atoms with van der Waals surface area (Å²) in [6.45, 7) is 1.79. The molecule has 3 N–H and O–H groups in total. The van der Waals surface area contributed by atoms with Crippen molar-refractivity contribution in [2.45, 2.75) is 25.4 Å². The molecule has 2 amide bonds. The van der Waals surface area contributed by atoms with Crippen LogP contribution in [0.1, 0.15) is 12.8 Å². The number of rotatable bonds is 7. The predicted molar refractivity (Wildman–Crippen MR) is 73.7 cm³/mol. The maximum atomic E-state index is 11.7. The molecule has 21 heavy (non-hydrogen) atoms. The van der Waals surface area contributed by atoms with Crippen LogP contribution in [0.3, 0.4) is 0 Å². The Labute approximate surface area is 122 Å². The molecule has 0 aromatic carbocycles. The average molecular weight is 296 g/mol. The zero-order valence-electron chi connectivity index (χ0n) is 11.7. The molecule has 8 heteroatoms. The quantitative estimate of drug-likeness (QED) is 0.617. The number of aromatic nitrogens is 2. The number of urea groups is 1.